The van der Waals surface area contributed by atoms with Crippen LogP contribution in [0.15, 0.2) is 63.5 Å². The molecule has 0 aliphatic rings. The monoisotopic (exact) mass is 365 g/mol. The van der Waals surface area contributed by atoms with Crippen LogP contribution in [0.1, 0.15) is 12.6 Å². The molecule has 8 nitrogen and oxygen atoms in total. The zero-order valence-corrected chi connectivity index (χ0v) is 14.7. The smallest absolute Gasteiger partial charge is 0.218 e. The van der Waals surface area contributed by atoms with Crippen molar-refractivity contribution in [1.29, 1.82) is 0 Å². The normalized spacial score (nSPS) is 11.0. The minimum atomic E-state index is 0.451. The standard InChI is InChI=1S/C17H15N7OS/c1-2-11-10-14(21-15(20-11)12-6-3-4-8-19-12)26-17-23-22-16(24(17)18)13-7-5-9-25-13/h3-10H,2,18H2,1H3. The molecule has 130 valence electrons. The fourth-order valence-corrected chi connectivity index (χ4v) is 3.11. The lowest BCUT2D eigenvalue weighted by Gasteiger charge is -2.06. The van der Waals surface area contributed by atoms with Crippen molar-refractivity contribution >= 4 is 11.8 Å². The van der Waals surface area contributed by atoms with Crippen LogP contribution in [0.4, 0.5) is 0 Å². The van der Waals surface area contributed by atoms with Crippen molar-refractivity contribution in [2.75, 3.05) is 5.84 Å². The van der Waals surface area contributed by atoms with Crippen LogP contribution >= 0.6 is 11.8 Å². The second-order valence-electron chi connectivity index (χ2n) is 5.35. The Hall–Kier alpha value is -3.20. The van der Waals surface area contributed by atoms with Crippen LogP contribution in [0.25, 0.3) is 23.1 Å². The predicted octanol–water partition coefficient (Wildman–Crippen LogP) is 2.82. The van der Waals surface area contributed by atoms with Crippen LogP contribution in [0.3, 0.4) is 0 Å². The SMILES string of the molecule is CCc1cc(Sc2nnc(-c3ccco3)n2N)nc(-c2ccccn2)n1. The van der Waals surface area contributed by atoms with Gasteiger partial charge >= 0.3 is 0 Å². The molecule has 0 aromatic carbocycles. The maximum Gasteiger partial charge on any atom is 0.218 e. The number of pyridine rings is 1. The van der Waals surface area contributed by atoms with Gasteiger partial charge in [0.1, 0.15) is 10.7 Å². The van der Waals surface area contributed by atoms with Crippen molar-refractivity contribution in [2.45, 2.75) is 23.5 Å². The summed E-state index contributed by atoms with van der Waals surface area (Å²) in [7, 11) is 0. The molecule has 0 bridgehead atoms. The van der Waals surface area contributed by atoms with Gasteiger partial charge in [0.05, 0.1) is 6.26 Å². The predicted molar refractivity (Wildman–Crippen MR) is 96.6 cm³/mol. The molecule has 0 aliphatic carbocycles. The molecule has 0 aliphatic heterocycles. The van der Waals surface area contributed by atoms with Crippen LogP contribution in [0.2, 0.25) is 0 Å². The summed E-state index contributed by atoms with van der Waals surface area (Å²) in [6, 6.07) is 11.1. The molecule has 0 saturated heterocycles. The van der Waals surface area contributed by atoms with E-state index < -0.39 is 0 Å². The topological polar surface area (TPSA) is 109 Å². The molecule has 9 heteroatoms. The molecule has 4 aromatic heterocycles. The van der Waals surface area contributed by atoms with Crippen LogP contribution in [0.5, 0.6) is 0 Å². The zero-order valence-electron chi connectivity index (χ0n) is 13.9. The molecular weight excluding hydrogens is 350 g/mol. The van der Waals surface area contributed by atoms with Crippen molar-refractivity contribution < 1.29 is 4.42 Å². The molecule has 4 aromatic rings. The fraction of sp³-hybridized carbons (Fsp3) is 0.118. The zero-order chi connectivity index (χ0) is 17.9. The number of hydrogen-bond acceptors (Lipinski definition) is 8. The van der Waals surface area contributed by atoms with Gasteiger partial charge in [-0.15, -0.1) is 10.2 Å². The van der Waals surface area contributed by atoms with E-state index in [9.17, 15) is 0 Å². The van der Waals surface area contributed by atoms with E-state index >= 15 is 0 Å². The summed E-state index contributed by atoms with van der Waals surface area (Å²) in [6.45, 7) is 2.04. The third kappa shape index (κ3) is 3.16. The molecule has 0 atom stereocenters. The Balaban J connectivity index is 1.69. The van der Waals surface area contributed by atoms with Gasteiger partial charge in [-0.2, -0.15) is 0 Å². The summed E-state index contributed by atoms with van der Waals surface area (Å²) >= 11 is 1.31. The second kappa shape index (κ2) is 6.96. The minimum Gasteiger partial charge on any atom is -0.461 e. The van der Waals surface area contributed by atoms with Gasteiger partial charge in [-0.1, -0.05) is 13.0 Å². The highest BCUT2D eigenvalue weighted by Gasteiger charge is 2.16. The first-order valence-electron chi connectivity index (χ1n) is 7.96. The molecule has 0 amide bonds. The Labute approximate surface area is 153 Å². The molecule has 0 spiro atoms. The van der Waals surface area contributed by atoms with E-state index in [1.165, 1.54) is 16.4 Å². The summed E-state index contributed by atoms with van der Waals surface area (Å²) in [5.74, 6) is 7.69. The number of nitrogens with two attached hydrogens (primary N) is 1. The summed E-state index contributed by atoms with van der Waals surface area (Å²) in [4.78, 5) is 13.5. The van der Waals surface area contributed by atoms with Gasteiger partial charge in [-0.05, 0) is 48.5 Å². The number of aromatic nitrogens is 6. The van der Waals surface area contributed by atoms with Crippen LogP contribution in [0, 0.1) is 0 Å². The van der Waals surface area contributed by atoms with E-state index in [2.05, 4.69) is 25.1 Å². The van der Waals surface area contributed by atoms with Gasteiger partial charge in [-0.3, -0.25) is 4.98 Å². The van der Waals surface area contributed by atoms with E-state index in [0.717, 1.165) is 22.8 Å². The molecule has 4 rings (SSSR count). The number of furan rings is 1. The Morgan fingerprint density at radius 3 is 2.81 bits per heavy atom. The van der Waals surface area contributed by atoms with E-state index in [1.54, 1.807) is 24.6 Å². The number of rotatable bonds is 5. The molecule has 0 radical (unpaired) electrons. The Morgan fingerprint density at radius 2 is 2.08 bits per heavy atom. The quantitative estimate of drug-likeness (QED) is 0.425. The molecule has 0 fully saturated rings. The number of nitrogens with zero attached hydrogens (tertiary/aromatic N) is 6. The van der Waals surface area contributed by atoms with Crippen molar-refractivity contribution in [2.24, 2.45) is 0 Å². The van der Waals surface area contributed by atoms with Crippen molar-refractivity contribution in [3.05, 3.63) is 54.6 Å². The lowest BCUT2D eigenvalue weighted by Crippen LogP contribution is -2.11. The lowest BCUT2D eigenvalue weighted by molar-refractivity contribution is 0.574. The van der Waals surface area contributed by atoms with Crippen LogP contribution in [-0.2, 0) is 6.42 Å². The molecule has 26 heavy (non-hydrogen) atoms. The average molecular weight is 365 g/mol. The number of aryl methyl sites for hydroxylation is 1. The van der Waals surface area contributed by atoms with Gasteiger partial charge < -0.3 is 10.3 Å². The summed E-state index contributed by atoms with van der Waals surface area (Å²) in [5, 5.41) is 9.46. The summed E-state index contributed by atoms with van der Waals surface area (Å²) < 4.78 is 6.72. The average Bonchev–Trinajstić information content (AvgIpc) is 3.33. The minimum absolute atomic E-state index is 0.451. The molecule has 2 N–H and O–H groups in total. The number of hydrogen-bond donors (Lipinski definition) is 1. The first-order valence-corrected chi connectivity index (χ1v) is 8.78. The number of nitrogen functional groups attached to an aromatic ring is 1. The maximum absolute atomic E-state index is 6.12. The van der Waals surface area contributed by atoms with Gasteiger partial charge in [-0.25, -0.2) is 14.6 Å². The highest BCUT2D eigenvalue weighted by atomic mass is 32.2. The lowest BCUT2D eigenvalue weighted by atomic mass is 10.3. The summed E-state index contributed by atoms with van der Waals surface area (Å²) in [5.41, 5.74) is 1.63. The van der Waals surface area contributed by atoms with E-state index in [0.29, 0.717) is 22.6 Å². The van der Waals surface area contributed by atoms with Gasteiger partial charge in [0.25, 0.3) is 0 Å². The van der Waals surface area contributed by atoms with Crippen molar-refractivity contribution in [3.8, 4) is 23.1 Å². The maximum atomic E-state index is 6.12. The third-order valence-electron chi connectivity index (χ3n) is 3.61. The van der Waals surface area contributed by atoms with Gasteiger partial charge in [0.15, 0.2) is 11.6 Å². The van der Waals surface area contributed by atoms with E-state index in [1.807, 2.05) is 31.2 Å². The Bertz CT molecular complexity index is 1020. The van der Waals surface area contributed by atoms with Crippen molar-refractivity contribution in [3.63, 3.8) is 0 Å². The fourth-order valence-electron chi connectivity index (χ4n) is 2.33. The highest BCUT2D eigenvalue weighted by molar-refractivity contribution is 7.99. The molecule has 4 heterocycles. The van der Waals surface area contributed by atoms with Crippen LogP contribution in [-0.4, -0.2) is 29.8 Å². The highest BCUT2D eigenvalue weighted by Crippen LogP contribution is 2.28. The van der Waals surface area contributed by atoms with E-state index in [-0.39, 0.29) is 0 Å². The van der Waals surface area contributed by atoms with Gasteiger partial charge in [0, 0.05) is 11.9 Å². The largest absolute Gasteiger partial charge is 0.461 e. The Kier molecular flexibility index (Phi) is 4.36. The Morgan fingerprint density at radius 1 is 1.15 bits per heavy atom. The van der Waals surface area contributed by atoms with Crippen molar-refractivity contribution in [1.82, 2.24) is 29.8 Å². The van der Waals surface area contributed by atoms with Crippen LogP contribution < -0.4 is 5.84 Å². The second-order valence-corrected chi connectivity index (χ2v) is 6.33. The summed E-state index contributed by atoms with van der Waals surface area (Å²) in [6.07, 6.45) is 4.06. The third-order valence-corrected chi connectivity index (χ3v) is 4.49. The first-order chi connectivity index (χ1) is 12.7. The first kappa shape index (κ1) is 16.3. The molecule has 0 saturated carbocycles. The van der Waals surface area contributed by atoms with E-state index in [4.69, 9.17) is 10.3 Å². The van der Waals surface area contributed by atoms with Gasteiger partial charge in [0.2, 0.25) is 11.0 Å². The molecular formula is C17H15N7OS. The molecule has 0 unspecified atom stereocenters.